The normalized spacial score (nSPS) is 14.7. The molecule has 1 saturated carbocycles. The van der Waals surface area contributed by atoms with Gasteiger partial charge in [-0.2, -0.15) is 5.10 Å². The highest BCUT2D eigenvalue weighted by molar-refractivity contribution is 5.99. The molecule has 28 heavy (non-hydrogen) atoms. The van der Waals surface area contributed by atoms with E-state index in [9.17, 15) is 4.79 Å². The van der Waals surface area contributed by atoms with Crippen LogP contribution in [0.25, 0.3) is 5.65 Å². The smallest absolute Gasteiger partial charge is 0.256 e. The van der Waals surface area contributed by atoms with E-state index in [1.807, 2.05) is 11.4 Å². The molecule has 1 aliphatic rings. The third-order valence-corrected chi connectivity index (χ3v) is 6.02. The number of aromatic nitrogens is 3. The zero-order valence-electron chi connectivity index (χ0n) is 17.2. The first-order valence-corrected chi connectivity index (χ1v) is 10.1. The third kappa shape index (κ3) is 3.41. The summed E-state index contributed by atoms with van der Waals surface area (Å²) in [6, 6.07) is 6.83. The van der Waals surface area contributed by atoms with E-state index >= 15 is 0 Å². The summed E-state index contributed by atoms with van der Waals surface area (Å²) in [7, 11) is 0. The van der Waals surface area contributed by atoms with Gasteiger partial charge in [-0.3, -0.25) is 4.79 Å². The van der Waals surface area contributed by atoms with Crippen molar-refractivity contribution in [1.82, 2.24) is 19.9 Å². The number of fused-ring (bicyclic) bond motifs is 1. The molecule has 0 bridgehead atoms. The number of hydrogen-bond donors (Lipinski definition) is 1. The van der Waals surface area contributed by atoms with Crippen LogP contribution in [-0.4, -0.2) is 26.5 Å². The van der Waals surface area contributed by atoms with Gasteiger partial charge in [0.25, 0.3) is 5.91 Å². The Morgan fingerprint density at radius 1 is 1.18 bits per heavy atom. The molecule has 1 aromatic carbocycles. The Balaban J connectivity index is 1.69. The minimum absolute atomic E-state index is 0.0597. The van der Waals surface area contributed by atoms with Crippen molar-refractivity contribution in [2.45, 2.75) is 65.8 Å². The lowest BCUT2D eigenvalue weighted by Crippen LogP contribution is -2.32. The van der Waals surface area contributed by atoms with Crippen LogP contribution in [0.2, 0.25) is 0 Å². The highest BCUT2D eigenvalue weighted by Gasteiger charge is 2.22. The minimum Gasteiger partial charge on any atom is -0.349 e. The van der Waals surface area contributed by atoms with Crippen molar-refractivity contribution in [3.63, 3.8) is 0 Å². The van der Waals surface area contributed by atoms with Gasteiger partial charge in [-0.25, -0.2) is 9.50 Å². The topological polar surface area (TPSA) is 59.3 Å². The molecule has 2 heterocycles. The van der Waals surface area contributed by atoms with Crippen LogP contribution in [0.4, 0.5) is 0 Å². The van der Waals surface area contributed by atoms with E-state index in [4.69, 9.17) is 4.98 Å². The van der Waals surface area contributed by atoms with Gasteiger partial charge in [0, 0.05) is 23.9 Å². The van der Waals surface area contributed by atoms with Crippen LogP contribution in [0.1, 0.15) is 69.7 Å². The molecule has 2 aromatic heterocycles. The number of aryl methyl sites for hydroxylation is 4. The zero-order valence-corrected chi connectivity index (χ0v) is 17.2. The van der Waals surface area contributed by atoms with E-state index < -0.39 is 0 Å². The second kappa shape index (κ2) is 7.38. The molecule has 0 spiro atoms. The molecule has 1 fully saturated rings. The largest absolute Gasteiger partial charge is 0.349 e. The predicted octanol–water partition coefficient (Wildman–Crippen LogP) is 4.23. The Hall–Kier alpha value is -2.69. The van der Waals surface area contributed by atoms with Crippen molar-refractivity contribution in [2.75, 3.05) is 0 Å². The Morgan fingerprint density at radius 3 is 2.68 bits per heavy atom. The molecule has 1 amide bonds. The number of rotatable bonds is 4. The molecular formula is C23H28N4O. The lowest BCUT2D eigenvalue weighted by Gasteiger charge is -2.14. The van der Waals surface area contributed by atoms with Crippen molar-refractivity contribution >= 4 is 11.6 Å². The Kier molecular flexibility index (Phi) is 4.92. The first-order chi connectivity index (χ1) is 13.4. The van der Waals surface area contributed by atoms with Crippen LogP contribution in [0, 0.1) is 27.7 Å². The summed E-state index contributed by atoms with van der Waals surface area (Å²) < 4.78 is 1.82. The molecule has 146 valence electrons. The molecule has 0 unspecified atom stereocenters. The van der Waals surface area contributed by atoms with E-state index in [1.165, 1.54) is 35.1 Å². The summed E-state index contributed by atoms with van der Waals surface area (Å²) in [4.78, 5) is 17.5. The number of carbonyl (C=O) groups is 1. The van der Waals surface area contributed by atoms with Crippen LogP contribution in [0.5, 0.6) is 0 Å². The van der Waals surface area contributed by atoms with Gasteiger partial charge in [0.1, 0.15) is 5.56 Å². The fourth-order valence-electron chi connectivity index (χ4n) is 4.24. The number of hydrogen-bond acceptors (Lipinski definition) is 3. The molecule has 1 N–H and O–H groups in total. The number of amides is 1. The lowest BCUT2D eigenvalue weighted by atomic mass is 9.97. The summed E-state index contributed by atoms with van der Waals surface area (Å²) in [5.74, 6) is -0.0597. The van der Waals surface area contributed by atoms with Gasteiger partial charge in [0.15, 0.2) is 5.65 Å². The predicted molar refractivity (Wildman–Crippen MR) is 111 cm³/mol. The van der Waals surface area contributed by atoms with Gasteiger partial charge >= 0.3 is 0 Å². The molecule has 5 heteroatoms. The lowest BCUT2D eigenvalue weighted by molar-refractivity contribution is 0.0939. The summed E-state index contributed by atoms with van der Waals surface area (Å²) in [6.07, 6.45) is 6.99. The van der Waals surface area contributed by atoms with E-state index in [0.717, 1.165) is 30.7 Å². The average Bonchev–Trinajstić information content (AvgIpc) is 3.31. The van der Waals surface area contributed by atoms with Crippen molar-refractivity contribution in [1.29, 1.82) is 0 Å². The zero-order chi connectivity index (χ0) is 19.8. The standard InChI is InChI=1S/C23H28N4O/c1-14-9-10-15(2)18(11-14)12-20-16(3)25-22-21(13-24-27(22)17(20)4)23(28)26-19-7-5-6-8-19/h9-11,13,19H,5-8,12H2,1-4H3,(H,26,28). The van der Waals surface area contributed by atoms with E-state index in [0.29, 0.717) is 11.2 Å². The first kappa shape index (κ1) is 18.7. The average molecular weight is 377 g/mol. The first-order valence-electron chi connectivity index (χ1n) is 10.1. The number of benzene rings is 1. The minimum atomic E-state index is -0.0597. The number of nitrogens with one attached hydrogen (secondary N) is 1. The molecular weight excluding hydrogens is 348 g/mol. The van der Waals surface area contributed by atoms with Crippen molar-refractivity contribution in [3.05, 3.63) is 63.6 Å². The van der Waals surface area contributed by atoms with E-state index in [2.05, 4.69) is 49.4 Å². The van der Waals surface area contributed by atoms with Crippen LogP contribution in [0.3, 0.4) is 0 Å². The quantitative estimate of drug-likeness (QED) is 0.741. The van der Waals surface area contributed by atoms with Crippen LogP contribution in [-0.2, 0) is 6.42 Å². The molecule has 0 aliphatic heterocycles. The summed E-state index contributed by atoms with van der Waals surface area (Å²) in [6.45, 7) is 8.35. The maximum Gasteiger partial charge on any atom is 0.256 e. The second-order valence-corrected chi connectivity index (χ2v) is 8.12. The van der Waals surface area contributed by atoms with Crippen LogP contribution >= 0.6 is 0 Å². The molecule has 4 rings (SSSR count). The van der Waals surface area contributed by atoms with Crippen molar-refractivity contribution in [2.24, 2.45) is 0 Å². The highest BCUT2D eigenvalue weighted by atomic mass is 16.1. The third-order valence-electron chi connectivity index (χ3n) is 6.02. The van der Waals surface area contributed by atoms with E-state index in [1.54, 1.807) is 6.20 Å². The molecule has 0 saturated heterocycles. The Bertz CT molecular complexity index is 1040. The van der Waals surface area contributed by atoms with Crippen molar-refractivity contribution in [3.8, 4) is 0 Å². The van der Waals surface area contributed by atoms with Crippen molar-refractivity contribution < 1.29 is 4.79 Å². The molecule has 5 nitrogen and oxygen atoms in total. The molecule has 0 radical (unpaired) electrons. The highest BCUT2D eigenvalue weighted by Crippen LogP contribution is 2.23. The monoisotopic (exact) mass is 376 g/mol. The fraction of sp³-hybridized carbons (Fsp3) is 0.435. The van der Waals surface area contributed by atoms with Crippen LogP contribution < -0.4 is 5.32 Å². The van der Waals surface area contributed by atoms with Crippen LogP contribution in [0.15, 0.2) is 24.4 Å². The summed E-state index contributed by atoms with van der Waals surface area (Å²) in [5.41, 5.74) is 8.23. The fourth-order valence-corrected chi connectivity index (χ4v) is 4.24. The number of nitrogens with zero attached hydrogens (tertiary/aromatic N) is 3. The summed E-state index contributed by atoms with van der Waals surface area (Å²) in [5, 5.41) is 7.64. The molecule has 3 aromatic rings. The Labute approximate surface area is 166 Å². The SMILES string of the molecule is Cc1ccc(C)c(Cc2c(C)nc3c(C(=O)NC4CCCC4)cnn3c2C)c1. The maximum absolute atomic E-state index is 12.8. The van der Waals surface area contributed by atoms with Gasteiger partial charge in [-0.05, 0) is 57.2 Å². The van der Waals surface area contributed by atoms with Gasteiger partial charge < -0.3 is 5.32 Å². The maximum atomic E-state index is 12.8. The molecule has 0 atom stereocenters. The van der Waals surface area contributed by atoms with Gasteiger partial charge in [-0.1, -0.05) is 36.6 Å². The Morgan fingerprint density at radius 2 is 1.93 bits per heavy atom. The van der Waals surface area contributed by atoms with Gasteiger partial charge in [-0.15, -0.1) is 0 Å². The summed E-state index contributed by atoms with van der Waals surface area (Å²) >= 11 is 0. The number of carbonyl (C=O) groups excluding carboxylic acids is 1. The second-order valence-electron chi connectivity index (χ2n) is 8.12. The molecule has 1 aliphatic carbocycles. The van der Waals surface area contributed by atoms with Gasteiger partial charge in [0.2, 0.25) is 0 Å². The van der Waals surface area contributed by atoms with Gasteiger partial charge in [0.05, 0.1) is 6.20 Å². The van der Waals surface area contributed by atoms with E-state index in [-0.39, 0.29) is 11.9 Å².